The van der Waals surface area contributed by atoms with Crippen LogP contribution in [-0.2, 0) is 28.5 Å². The number of ether oxygens (including phenoxy) is 4. The summed E-state index contributed by atoms with van der Waals surface area (Å²) in [5, 5.41) is 13.9. The van der Waals surface area contributed by atoms with Gasteiger partial charge in [0.15, 0.2) is 0 Å². The molecular formula is C20H37N3O9S. The summed E-state index contributed by atoms with van der Waals surface area (Å²) in [5.41, 5.74) is 5.85. The number of thioether (sulfide) groups is 1. The van der Waals surface area contributed by atoms with Gasteiger partial charge in [-0.05, 0) is 27.2 Å². The molecule has 0 aromatic heterocycles. The zero-order valence-electron chi connectivity index (χ0n) is 19.8. The molecule has 0 aliphatic carbocycles. The molecule has 0 saturated heterocycles. The molecule has 13 heteroatoms. The number of aliphatic hydroxyl groups is 1. The second-order valence-corrected chi connectivity index (χ2v) is 8.46. The minimum Gasteiger partial charge on any atom is -0.434 e. The van der Waals surface area contributed by atoms with E-state index >= 15 is 0 Å². The van der Waals surface area contributed by atoms with Crippen LogP contribution in [0.4, 0.5) is 9.59 Å². The number of hydrogen-bond donors (Lipinski definition) is 4. The Morgan fingerprint density at radius 2 is 1.67 bits per heavy atom. The smallest absolute Gasteiger partial charge is 0.434 e. The van der Waals surface area contributed by atoms with Crippen LogP contribution in [0.5, 0.6) is 0 Å². The minimum absolute atomic E-state index is 0.0493. The van der Waals surface area contributed by atoms with E-state index in [0.29, 0.717) is 6.42 Å². The van der Waals surface area contributed by atoms with Crippen molar-refractivity contribution in [3.63, 3.8) is 0 Å². The minimum atomic E-state index is -1.10. The van der Waals surface area contributed by atoms with Crippen LogP contribution in [0.2, 0.25) is 0 Å². The zero-order chi connectivity index (χ0) is 25.4. The molecule has 0 aliphatic heterocycles. The molecule has 2 amide bonds. The number of aliphatic hydroxyl groups excluding tert-OH is 1. The molecule has 0 aromatic carbocycles. The molecule has 5 N–H and O–H groups in total. The van der Waals surface area contributed by atoms with E-state index < -0.39 is 48.9 Å². The van der Waals surface area contributed by atoms with E-state index in [2.05, 4.69) is 10.6 Å². The SMILES string of the molecule is CCC(C)OC(=O)OCCC(CSCC(N)C(=O)NC(CO)C(=O)NC)OC(=O)OC(C)C. The number of likely N-dealkylation sites (N-methyl/N-ethyl adjacent to an activating group) is 1. The van der Waals surface area contributed by atoms with Crippen LogP contribution in [0.1, 0.15) is 40.5 Å². The van der Waals surface area contributed by atoms with Gasteiger partial charge in [0, 0.05) is 25.0 Å². The van der Waals surface area contributed by atoms with Gasteiger partial charge in [-0.1, -0.05) is 6.92 Å². The Balaban J connectivity index is 4.68. The molecule has 0 bridgehead atoms. The van der Waals surface area contributed by atoms with E-state index in [1.165, 1.54) is 18.8 Å². The third kappa shape index (κ3) is 14.5. The normalized spacial score (nSPS) is 14.4. The van der Waals surface area contributed by atoms with E-state index in [4.69, 9.17) is 24.7 Å². The van der Waals surface area contributed by atoms with Gasteiger partial charge in [-0.2, -0.15) is 11.8 Å². The Labute approximate surface area is 198 Å². The van der Waals surface area contributed by atoms with Gasteiger partial charge in [-0.15, -0.1) is 0 Å². The summed E-state index contributed by atoms with van der Waals surface area (Å²) in [7, 11) is 1.38. The number of nitrogens with two attached hydrogens (primary N) is 1. The number of nitrogens with one attached hydrogen (secondary N) is 2. The van der Waals surface area contributed by atoms with Gasteiger partial charge in [0.05, 0.1) is 25.4 Å². The Kier molecular flexibility index (Phi) is 16.1. The van der Waals surface area contributed by atoms with Crippen LogP contribution in [0.25, 0.3) is 0 Å². The first-order valence-corrected chi connectivity index (χ1v) is 11.9. The fraction of sp³-hybridized carbons (Fsp3) is 0.800. The van der Waals surface area contributed by atoms with Crippen molar-refractivity contribution in [1.82, 2.24) is 10.6 Å². The molecule has 0 spiro atoms. The predicted octanol–water partition coefficient (Wildman–Crippen LogP) is 0.542. The van der Waals surface area contributed by atoms with Crippen molar-refractivity contribution < 1.29 is 43.2 Å². The summed E-state index contributed by atoms with van der Waals surface area (Å²) < 4.78 is 20.3. The van der Waals surface area contributed by atoms with E-state index in [0.717, 1.165) is 0 Å². The molecule has 0 radical (unpaired) electrons. The molecule has 192 valence electrons. The third-order valence-corrected chi connectivity index (χ3v) is 5.33. The van der Waals surface area contributed by atoms with Gasteiger partial charge >= 0.3 is 12.3 Å². The van der Waals surface area contributed by atoms with Crippen molar-refractivity contribution in [3.8, 4) is 0 Å². The average Bonchev–Trinajstić information content (AvgIpc) is 2.75. The van der Waals surface area contributed by atoms with Crippen LogP contribution < -0.4 is 16.4 Å². The second kappa shape index (κ2) is 17.3. The first-order valence-electron chi connectivity index (χ1n) is 10.7. The van der Waals surface area contributed by atoms with E-state index in [1.807, 2.05) is 6.92 Å². The van der Waals surface area contributed by atoms with Crippen LogP contribution in [0, 0.1) is 0 Å². The fourth-order valence-electron chi connectivity index (χ4n) is 2.14. The first kappa shape index (κ1) is 30.8. The molecule has 0 saturated carbocycles. The molecule has 0 heterocycles. The van der Waals surface area contributed by atoms with Crippen molar-refractivity contribution in [2.24, 2.45) is 5.73 Å². The number of hydrogen-bond acceptors (Lipinski definition) is 11. The molecule has 0 rings (SSSR count). The molecule has 33 heavy (non-hydrogen) atoms. The van der Waals surface area contributed by atoms with Gasteiger partial charge < -0.3 is 40.4 Å². The summed E-state index contributed by atoms with van der Waals surface area (Å²) in [6.07, 6.45) is -2.17. The molecule has 0 aliphatic rings. The van der Waals surface area contributed by atoms with E-state index in [-0.39, 0.29) is 36.7 Å². The molecule has 12 nitrogen and oxygen atoms in total. The molecule has 4 unspecified atom stereocenters. The second-order valence-electron chi connectivity index (χ2n) is 7.38. The lowest BCUT2D eigenvalue weighted by Crippen LogP contribution is -2.53. The van der Waals surface area contributed by atoms with Crippen LogP contribution in [0.15, 0.2) is 0 Å². The lowest BCUT2D eigenvalue weighted by molar-refractivity contribution is -0.130. The standard InChI is InChI=1S/C20H37N3O9S/c1-6-13(4)31-19(27)29-8-7-14(32-20(28)30-12(2)3)10-33-11-15(21)17(25)23-16(9-24)18(26)22-5/h12-16,24H,6-11,21H2,1-5H3,(H,22,26)(H,23,25). The summed E-state index contributed by atoms with van der Waals surface area (Å²) in [5.74, 6) is -0.766. The van der Waals surface area contributed by atoms with Gasteiger partial charge in [0.25, 0.3) is 0 Å². The topological polar surface area (TPSA) is 176 Å². The maximum absolute atomic E-state index is 12.1. The number of rotatable bonds is 15. The summed E-state index contributed by atoms with van der Waals surface area (Å²) >= 11 is 1.23. The molecule has 0 aromatic rings. The maximum Gasteiger partial charge on any atom is 0.508 e. The highest BCUT2D eigenvalue weighted by Gasteiger charge is 2.24. The van der Waals surface area contributed by atoms with Gasteiger partial charge in [0.1, 0.15) is 18.2 Å². The van der Waals surface area contributed by atoms with Gasteiger partial charge in [-0.3, -0.25) is 9.59 Å². The van der Waals surface area contributed by atoms with E-state index in [1.54, 1.807) is 20.8 Å². The summed E-state index contributed by atoms with van der Waals surface area (Å²) in [4.78, 5) is 47.2. The van der Waals surface area contributed by atoms with Crippen molar-refractivity contribution in [3.05, 3.63) is 0 Å². The Bertz CT molecular complexity index is 622. The lowest BCUT2D eigenvalue weighted by Gasteiger charge is -2.20. The third-order valence-electron chi connectivity index (χ3n) is 4.13. The Morgan fingerprint density at radius 3 is 2.21 bits per heavy atom. The quantitative estimate of drug-likeness (QED) is 0.233. The predicted molar refractivity (Wildman–Crippen MR) is 122 cm³/mol. The lowest BCUT2D eigenvalue weighted by atomic mass is 10.2. The fourth-order valence-corrected chi connectivity index (χ4v) is 3.18. The zero-order valence-corrected chi connectivity index (χ0v) is 20.6. The van der Waals surface area contributed by atoms with Crippen LogP contribution >= 0.6 is 11.8 Å². The number of carbonyl (C=O) groups is 4. The van der Waals surface area contributed by atoms with Crippen molar-refractivity contribution in [2.45, 2.75) is 70.9 Å². The first-order chi connectivity index (χ1) is 15.5. The summed E-state index contributed by atoms with van der Waals surface area (Å²) in [6.45, 7) is 6.34. The summed E-state index contributed by atoms with van der Waals surface area (Å²) in [6, 6.07) is -2.08. The van der Waals surface area contributed by atoms with Gasteiger partial charge in [0.2, 0.25) is 11.8 Å². The highest BCUT2D eigenvalue weighted by Crippen LogP contribution is 2.13. The van der Waals surface area contributed by atoms with Crippen molar-refractivity contribution in [2.75, 3.05) is 31.8 Å². The average molecular weight is 496 g/mol. The number of carbonyl (C=O) groups excluding carboxylic acids is 4. The van der Waals surface area contributed by atoms with Crippen molar-refractivity contribution in [1.29, 1.82) is 0 Å². The van der Waals surface area contributed by atoms with E-state index in [9.17, 15) is 24.3 Å². The monoisotopic (exact) mass is 495 g/mol. The molecule has 0 fully saturated rings. The highest BCUT2D eigenvalue weighted by atomic mass is 32.2. The molecule has 4 atom stereocenters. The maximum atomic E-state index is 12.1. The highest BCUT2D eigenvalue weighted by molar-refractivity contribution is 7.99. The van der Waals surface area contributed by atoms with Crippen LogP contribution in [-0.4, -0.2) is 91.4 Å². The molecular weight excluding hydrogens is 458 g/mol. The largest absolute Gasteiger partial charge is 0.508 e. The Hall–Kier alpha value is -2.25. The number of amides is 2. The van der Waals surface area contributed by atoms with Crippen molar-refractivity contribution >= 4 is 35.9 Å². The van der Waals surface area contributed by atoms with Gasteiger partial charge in [-0.25, -0.2) is 9.59 Å². The van der Waals surface area contributed by atoms with Crippen LogP contribution in [0.3, 0.4) is 0 Å². The Morgan fingerprint density at radius 1 is 1.00 bits per heavy atom.